The van der Waals surface area contributed by atoms with E-state index in [0.717, 1.165) is 42.3 Å². The predicted octanol–water partition coefficient (Wildman–Crippen LogP) is 3.22. The average molecular weight is 391 g/mol. The minimum Gasteiger partial charge on any atom is -0.402 e. The fourth-order valence-corrected chi connectivity index (χ4v) is 3.64. The number of nitrogens with one attached hydrogen (secondary N) is 1. The van der Waals surface area contributed by atoms with Gasteiger partial charge in [-0.05, 0) is 29.7 Å². The van der Waals surface area contributed by atoms with Crippen molar-refractivity contribution in [2.45, 2.75) is 32.7 Å². The van der Waals surface area contributed by atoms with Crippen LogP contribution in [-0.2, 0) is 14.3 Å². The van der Waals surface area contributed by atoms with Crippen molar-refractivity contribution in [3.8, 4) is 0 Å². The van der Waals surface area contributed by atoms with Gasteiger partial charge in [0, 0.05) is 36.8 Å². The largest absolute Gasteiger partial charge is 0.402 e. The molecule has 0 bridgehead atoms. The second-order valence-corrected chi connectivity index (χ2v) is 7.82. The molecule has 2 aromatic carbocycles. The number of piperidine rings is 1. The third-order valence-corrected chi connectivity index (χ3v) is 5.35. The Balaban J connectivity index is 1.47. The van der Waals surface area contributed by atoms with Gasteiger partial charge >= 0.3 is 5.97 Å². The van der Waals surface area contributed by atoms with Crippen LogP contribution in [0.5, 0.6) is 0 Å². The Hall–Kier alpha value is -3.15. The van der Waals surface area contributed by atoms with E-state index >= 15 is 0 Å². The van der Waals surface area contributed by atoms with E-state index in [0.29, 0.717) is 11.6 Å². The van der Waals surface area contributed by atoms with Crippen molar-refractivity contribution in [2.75, 3.05) is 13.1 Å². The minimum atomic E-state index is -0.428. The molecule has 0 radical (unpaired) electrons. The molecule has 2 aliphatic heterocycles. The summed E-state index contributed by atoms with van der Waals surface area (Å²) in [4.78, 5) is 30.8. The highest BCUT2D eigenvalue weighted by molar-refractivity contribution is 6.16. The first-order valence-corrected chi connectivity index (χ1v) is 10.1. The lowest BCUT2D eigenvalue weighted by Crippen LogP contribution is -2.44. The number of likely N-dealkylation sites (tertiary alicyclic amines) is 1. The molecule has 0 atom stereocenters. The first-order chi connectivity index (χ1) is 14.0. The molecule has 4 rings (SSSR count). The average Bonchev–Trinajstić information content (AvgIpc) is 3.09. The summed E-state index contributed by atoms with van der Waals surface area (Å²) in [5, 5.41) is 5.16. The van der Waals surface area contributed by atoms with Gasteiger partial charge in [-0.25, -0.2) is 9.79 Å². The summed E-state index contributed by atoms with van der Waals surface area (Å²) in [6.07, 6.45) is 3.47. The normalized spacial score (nSPS) is 19.0. The van der Waals surface area contributed by atoms with E-state index in [1.807, 2.05) is 56.3 Å². The zero-order valence-electron chi connectivity index (χ0n) is 16.7. The molecule has 1 saturated heterocycles. The van der Waals surface area contributed by atoms with Crippen LogP contribution < -0.4 is 5.32 Å². The number of cyclic esters (lactones) is 1. The number of rotatable bonds is 4. The Morgan fingerprint density at radius 3 is 2.66 bits per heavy atom. The van der Waals surface area contributed by atoms with Gasteiger partial charge in [0.1, 0.15) is 0 Å². The standard InChI is InChI=1S/C23H25N3O3/c1-15(2)21(27)24-17-10-12-26(13-11-17)14-20-23(28)29-22(25-20)19-9-5-7-16-6-3-4-8-18(16)19/h3-9,14-15,17H,10-13H2,1-2H3,(H,24,27). The molecule has 1 N–H and O–H groups in total. The highest BCUT2D eigenvalue weighted by Gasteiger charge is 2.27. The Morgan fingerprint density at radius 1 is 1.17 bits per heavy atom. The molecule has 0 aliphatic carbocycles. The number of hydrogen-bond acceptors (Lipinski definition) is 5. The fraction of sp³-hybridized carbons (Fsp3) is 0.348. The van der Waals surface area contributed by atoms with Crippen LogP contribution >= 0.6 is 0 Å². The molecule has 2 aromatic rings. The van der Waals surface area contributed by atoms with Crippen LogP contribution in [0.4, 0.5) is 0 Å². The summed E-state index contributed by atoms with van der Waals surface area (Å²) in [5.41, 5.74) is 1.13. The maximum atomic E-state index is 12.4. The van der Waals surface area contributed by atoms with Crippen LogP contribution in [0.3, 0.4) is 0 Å². The van der Waals surface area contributed by atoms with Gasteiger partial charge in [0.25, 0.3) is 0 Å². The van der Waals surface area contributed by atoms with E-state index in [-0.39, 0.29) is 17.9 Å². The van der Waals surface area contributed by atoms with Crippen molar-refractivity contribution in [3.05, 3.63) is 59.9 Å². The third kappa shape index (κ3) is 4.16. The van der Waals surface area contributed by atoms with Gasteiger partial charge in [-0.1, -0.05) is 50.2 Å². The summed E-state index contributed by atoms with van der Waals surface area (Å²) in [7, 11) is 0. The minimum absolute atomic E-state index is 0.00904. The van der Waals surface area contributed by atoms with E-state index in [2.05, 4.69) is 15.2 Å². The monoisotopic (exact) mass is 391 g/mol. The third-order valence-electron chi connectivity index (χ3n) is 5.35. The summed E-state index contributed by atoms with van der Waals surface area (Å²) < 4.78 is 5.47. The Bertz CT molecular complexity index is 996. The number of fused-ring (bicyclic) bond motifs is 1. The summed E-state index contributed by atoms with van der Waals surface area (Å²) >= 11 is 0. The van der Waals surface area contributed by atoms with Gasteiger partial charge in [-0.3, -0.25) is 4.79 Å². The van der Waals surface area contributed by atoms with Gasteiger partial charge < -0.3 is 15.0 Å². The molecule has 6 nitrogen and oxygen atoms in total. The number of carbonyl (C=O) groups excluding carboxylic acids is 2. The molecule has 0 saturated carbocycles. The van der Waals surface area contributed by atoms with Crippen molar-refractivity contribution in [3.63, 3.8) is 0 Å². The molecule has 29 heavy (non-hydrogen) atoms. The van der Waals surface area contributed by atoms with Crippen molar-refractivity contribution >= 4 is 28.5 Å². The molecule has 6 heteroatoms. The molecular formula is C23H25N3O3. The first kappa shape index (κ1) is 19.2. The van der Waals surface area contributed by atoms with E-state index in [9.17, 15) is 9.59 Å². The maximum absolute atomic E-state index is 12.4. The van der Waals surface area contributed by atoms with Crippen LogP contribution in [0, 0.1) is 5.92 Å². The summed E-state index contributed by atoms with van der Waals surface area (Å²) in [6.45, 7) is 5.32. The second-order valence-electron chi connectivity index (χ2n) is 7.82. The van der Waals surface area contributed by atoms with Crippen LogP contribution in [0.15, 0.2) is 59.4 Å². The molecule has 1 fully saturated rings. The van der Waals surface area contributed by atoms with Gasteiger partial charge in [0.15, 0.2) is 5.70 Å². The number of carbonyl (C=O) groups is 2. The summed E-state index contributed by atoms with van der Waals surface area (Å²) in [5.74, 6) is -0.00367. The SMILES string of the molecule is CC(C)C(=O)NC1CCN(C=C2N=C(c3cccc4ccccc34)OC2=O)CC1. The Kier molecular flexibility index (Phi) is 5.34. The zero-order chi connectivity index (χ0) is 20.4. The number of nitrogens with zero attached hydrogens (tertiary/aromatic N) is 2. The lowest BCUT2D eigenvalue weighted by Gasteiger charge is -2.31. The predicted molar refractivity (Wildman–Crippen MR) is 112 cm³/mol. The lowest BCUT2D eigenvalue weighted by molar-refractivity contribution is -0.130. The molecule has 150 valence electrons. The van der Waals surface area contributed by atoms with E-state index in [1.54, 1.807) is 6.20 Å². The van der Waals surface area contributed by atoms with Gasteiger partial charge in [0.2, 0.25) is 11.8 Å². The highest BCUT2D eigenvalue weighted by Crippen LogP contribution is 2.24. The topological polar surface area (TPSA) is 71.0 Å². The molecular weight excluding hydrogens is 366 g/mol. The molecule has 0 unspecified atom stereocenters. The number of benzene rings is 2. The quantitative estimate of drug-likeness (QED) is 0.642. The number of ether oxygens (including phenoxy) is 1. The second kappa shape index (κ2) is 8.07. The van der Waals surface area contributed by atoms with E-state index in [1.165, 1.54) is 0 Å². The summed E-state index contributed by atoms with van der Waals surface area (Å²) in [6, 6.07) is 14.0. The van der Waals surface area contributed by atoms with Crippen molar-refractivity contribution < 1.29 is 14.3 Å². The van der Waals surface area contributed by atoms with Crippen LogP contribution in [0.2, 0.25) is 0 Å². The number of amides is 1. The maximum Gasteiger partial charge on any atom is 0.365 e. The Morgan fingerprint density at radius 2 is 1.90 bits per heavy atom. The molecule has 0 spiro atoms. The van der Waals surface area contributed by atoms with Crippen molar-refractivity contribution in [1.82, 2.24) is 10.2 Å². The van der Waals surface area contributed by atoms with Crippen LogP contribution in [0.1, 0.15) is 32.3 Å². The van der Waals surface area contributed by atoms with Crippen LogP contribution in [-0.4, -0.2) is 41.8 Å². The Labute approximate surface area is 170 Å². The molecule has 1 amide bonds. The molecule has 2 heterocycles. The smallest absolute Gasteiger partial charge is 0.365 e. The van der Waals surface area contributed by atoms with E-state index in [4.69, 9.17) is 4.74 Å². The zero-order valence-corrected chi connectivity index (χ0v) is 16.7. The molecule has 2 aliphatic rings. The number of esters is 1. The van der Waals surface area contributed by atoms with Crippen molar-refractivity contribution in [2.24, 2.45) is 10.9 Å². The first-order valence-electron chi connectivity index (χ1n) is 10.1. The van der Waals surface area contributed by atoms with Gasteiger partial charge in [-0.15, -0.1) is 0 Å². The van der Waals surface area contributed by atoms with Gasteiger partial charge in [0.05, 0.1) is 0 Å². The number of hydrogen-bond donors (Lipinski definition) is 1. The lowest BCUT2D eigenvalue weighted by atomic mass is 10.0. The highest BCUT2D eigenvalue weighted by atomic mass is 16.6. The van der Waals surface area contributed by atoms with E-state index < -0.39 is 5.97 Å². The number of aliphatic imine (C=N–C) groups is 1. The molecule has 0 aromatic heterocycles. The van der Waals surface area contributed by atoms with Crippen molar-refractivity contribution in [1.29, 1.82) is 0 Å². The van der Waals surface area contributed by atoms with Crippen LogP contribution in [0.25, 0.3) is 10.8 Å². The fourth-order valence-electron chi connectivity index (χ4n) is 3.64. The van der Waals surface area contributed by atoms with Gasteiger partial charge in [-0.2, -0.15) is 0 Å².